The van der Waals surface area contributed by atoms with Crippen molar-refractivity contribution in [3.63, 3.8) is 0 Å². The molecule has 4 nitrogen and oxygen atoms in total. The second kappa shape index (κ2) is 7.04. The van der Waals surface area contributed by atoms with Crippen LogP contribution in [0.25, 0.3) is 0 Å². The van der Waals surface area contributed by atoms with Crippen molar-refractivity contribution in [2.24, 2.45) is 11.8 Å². The number of sulfonamides is 1. The summed E-state index contributed by atoms with van der Waals surface area (Å²) in [5, 5.41) is 9.34. The highest BCUT2D eigenvalue weighted by Crippen LogP contribution is 2.27. The van der Waals surface area contributed by atoms with Crippen molar-refractivity contribution >= 4 is 10.0 Å². The van der Waals surface area contributed by atoms with Crippen molar-refractivity contribution in [3.8, 4) is 0 Å². The van der Waals surface area contributed by atoms with Crippen molar-refractivity contribution in [1.29, 1.82) is 0 Å². The lowest BCUT2D eigenvalue weighted by atomic mass is 9.86. The molecule has 0 spiro atoms. The van der Waals surface area contributed by atoms with Gasteiger partial charge < -0.3 is 5.11 Å². The highest BCUT2D eigenvalue weighted by atomic mass is 32.2. The minimum Gasteiger partial charge on any atom is -0.396 e. The number of hydrogen-bond acceptors (Lipinski definition) is 3. The fourth-order valence-electron chi connectivity index (χ4n) is 3.52. The largest absolute Gasteiger partial charge is 0.396 e. The van der Waals surface area contributed by atoms with Gasteiger partial charge in [-0.1, -0.05) is 32.1 Å². The van der Waals surface area contributed by atoms with Crippen molar-refractivity contribution in [2.45, 2.75) is 63.8 Å². The number of hydrogen-bond donors (Lipinski definition) is 2. The van der Waals surface area contributed by atoms with Crippen LogP contribution in [0, 0.1) is 11.8 Å². The first-order chi connectivity index (χ1) is 9.11. The molecule has 2 atom stereocenters. The highest BCUT2D eigenvalue weighted by molar-refractivity contribution is 7.89. The summed E-state index contributed by atoms with van der Waals surface area (Å²) in [5.41, 5.74) is 0. The van der Waals surface area contributed by atoms with Gasteiger partial charge in [-0.2, -0.15) is 0 Å². The zero-order valence-corrected chi connectivity index (χ0v) is 12.5. The summed E-state index contributed by atoms with van der Waals surface area (Å²) in [6.07, 6.45) is 9.66. The standard InChI is InChI=1S/C14H27NO3S/c16-10-13-8-4-5-9-14(13)15-19(17,18)11-12-6-2-1-3-7-12/h12-16H,1-11H2. The lowest BCUT2D eigenvalue weighted by Crippen LogP contribution is -2.45. The minimum absolute atomic E-state index is 0.0488. The summed E-state index contributed by atoms with van der Waals surface area (Å²) in [7, 11) is -3.18. The third-order valence-corrected chi connectivity index (χ3v) is 6.23. The molecule has 0 radical (unpaired) electrons. The van der Waals surface area contributed by atoms with Gasteiger partial charge in [0.2, 0.25) is 10.0 Å². The van der Waals surface area contributed by atoms with E-state index in [2.05, 4.69) is 4.72 Å². The molecule has 2 unspecified atom stereocenters. The van der Waals surface area contributed by atoms with Crippen LogP contribution >= 0.6 is 0 Å². The Morgan fingerprint density at radius 1 is 0.947 bits per heavy atom. The Hall–Kier alpha value is -0.130. The maximum atomic E-state index is 12.2. The van der Waals surface area contributed by atoms with Crippen LogP contribution < -0.4 is 4.72 Å². The molecule has 0 aromatic carbocycles. The molecule has 0 aliphatic heterocycles. The van der Waals surface area contributed by atoms with E-state index < -0.39 is 10.0 Å². The Kier molecular flexibility index (Phi) is 5.66. The van der Waals surface area contributed by atoms with Crippen molar-refractivity contribution in [1.82, 2.24) is 4.72 Å². The van der Waals surface area contributed by atoms with Gasteiger partial charge in [-0.05, 0) is 37.5 Å². The Morgan fingerprint density at radius 3 is 2.26 bits per heavy atom. The SMILES string of the molecule is O=S(=O)(CC1CCCCC1)NC1CCCCC1CO. The van der Waals surface area contributed by atoms with Gasteiger partial charge in [-0.3, -0.25) is 0 Å². The van der Waals surface area contributed by atoms with Crippen molar-refractivity contribution in [2.75, 3.05) is 12.4 Å². The van der Waals surface area contributed by atoms with Gasteiger partial charge >= 0.3 is 0 Å². The molecule has 0 aromatic heterocycles. The molecule has 112 valence electrons. The van der Waals surface area contributed by atoms with Crippen LogP contribution in [0.5, 0.6) is 0 Å². The van der Waals surface area contributed by atoms with Gasteiger partial charge in [0.25, 0.3) is 0 Å². The van der Waals surface area contributed by atoms with Crippen LogP contribution in [-0.4, -0.2) is 31.9 Å². The molecule has 0 heterocycles. The molecular weight excluding hydrogens is 262 g/mol. The van der Waals surface area contributed by atoms with Crippen LogP contribution in [-0.2, 0) is 10.0 Å². The van der Waals surface area contributed by atoms with Crippen LogP contribution in [0.4, 0.5) is 0 Å². The molecule has 0 amide bonds. The summed E-state index contributed by atoms with van der Waals surface area (Å²) >= 11 is 0. The minimum atomic E-state index is -3.18. The molecule has 2 N–H and O–H groups in total. The molecule has 2 rings (SSSR count). The smallest absolute Gasteiger partial charge is 0.212 e. The summed E-state index contributed by atoms with van der Waals surface area (Å²) < 4.78 is 27.3. The van der Waals surface area contributed by atoms with E-state index in [-0.39, 0.29) is 24.3 Å². The van der Waals surface area contributed by atoms with E-state index in [4.69, 9.17) is 0 Å². The average Bonchev–Trinajstić information content (AvgIpc) is 2.39. The Bertz CT molecular complexity index is 363. The fraction of sp³-hybridized carbons (Fsp3) is 1.00. The van der Waals surface area contributed by atoms with Gasteiger partial charge in [-0.25, -0.2) is 13.1 Å². The van der Waals surface area contributed by atoms with E-state index in [0.717, 1.165) is 38.5 Å². The fourth-order valence-corrected chi connectivity index (χ4v) is 5.35. The van der Waals surface area contributed by atoms with Gasteiger partial charge in [0, 0.05) is 12.6 Å². The third kappa shape index (κ3) is 4.72. The average molecular weight is 289 g/mol. The predicted molar refractivity (Wildman–Crippen MR) is 76.3 cm³/mol. The maximum Gasteiger partial charge on any atom is 0.212 e. The normalized spacial score (nSPS) is 30.4. The second-order valence-electron chi connectivity index (χ2n) is 6.24. The number of aliphatic hydroxyl groups is 1. The van der Waals surface area contributed by atoms with E-state index in [1.807, 2.05) is 0 Å². The van der Waals surface area contributed by atoms with Gasteiger partial charge in [0.1, 0.15) is 0 Å². The maximum absolute atomic E-state index is 12.2. The monoisotopic (exact) mass is 289 g/mol. The van der Waals surface area contributed by atoms with Crippen molar-refractivity contribution in [3.05, 3.63) is 0 Å². The summed E-state index contributed by atoms with van der Waals surface area (Å²) in [6, 6.07) is -0.0488. The number of aliphatic hydroxyl groups excluding tert-OH is 1. The number of rotatable bonds is 5. The molecule has 0 saturated heterocycles. The third-order valence-electron chi connectivity index (χ3n) is 4.65. The molecule has 0 bridgehead atoms. The van der Waals surface area contributed by atoms with Crippen molar-refractivity contribution < 1.29 is 13.5 Å². The van der Waals surface area contributed by atoms with Gasteiger partial charge in [0.05, 0.1) is 5.75 Å². The quantitative estimate of drug-likeness (QED) is 0.814. The first kappa shape index (κ1) is 15.3. The van der Waals surface area contributed by atoms with Gasteiger partial charge in [0.15, 0.2) is 0 Å². The Labute approximate surface area is 117 Å². The Balaban J connectivity index is 1.88. The highest BCUT2D eigenvalue weighted by Gasteiger charge is 2.29. The summed E-state index contributed by atoms with van der Waals surface area (Å²) in [5.74, 6) is 0.721. The lowest BCUT2D eigenvalue weighted by molar-refractivity contribution is 0.164. The molecule has 5 heteroatoms. The first-order valence-corrected chi connectivity index (χ1v) is 9.37. The van der Waals surface area contributed by atoms with E-state index in [9.17, 15) is 13.5 Å². The predicted octanol–water partition coefficient (Wildman–Crippen LogP) is 2.04. The zero-order chi connectivity index (χ0) is 13.7. The van der Waals surface area contributed by atoms with Crippen LogP contribution in [0.3, 0.4) is 0 Å². The second-order valence-corrected chi connectivity index (χ2v) is 8.04. The lowest BCUT2D eigenvalue weighted by Gasteiger charge is -2.31. The van der Waals surface area contributed by atoms with Crippen LogP contribution in [0.1, 0.15) is 57.8 Å². The van der Waals surface area contributed by atoms with Gasteiger partial charge in [-0.15, -0.1) is 0 Å². The zero-order valence-electron chi connectivity index (χ0n) is 11.7. The molecule has 19 heavy (non-hydrogen) atoms. The molecular formula is C14H27NO3S. The van der Waals surface area contributed by atoms with Crippen LogP contribution in [0.2, 0.25) is 0 Å². The van der Waals surface area contributed by atoms with E-state index in [0.29, 0.717) is 5.92 Å². The summed E-state index contributed by atoms with van der Waals surface area (Å²) in [6.45, 7) is 0.0939. The molecule has 0 aromatic rings. The topological polar surface area (TPSA) is 66.4 Å². The van der Waals surface area contributed by atoms with E-state index >= 15 is 0 Å². The number of nitrogens with one attached hydrogen (secondary N) is 1. The Morgan fingerprint density at radius 2 is 1.58 bits per heavy atom. The van der Waals surface area contributed by atoms with E-state index in [1.54, 1.807) is 0 Å². The first-order valence-electron chi connectivity index (χ1n) is 7.71. The molecule has 2 fully saturated rings. The van der Waals surface area contributed by atoms with Crippen LogP contribution in [0.15, 0.2) is 0 Å². The molecule has 2 aliphatic rings. The molecule has 2 aliphatic carbocycles. The molecule has 2 saturated carbocycles. The van der Waals surface area contributed by atoms with E-state index in [1.165, 1.54) is 19.3 Å². The summed E-state index contributed by atoms with van der Waals surface area (Å²) in [4.78, 5) is 0.